The molecule has 0 aromatic heterocycles. The second-order valence-electron chi connectivity index (χ2n) is 4.47. The molecule has 0 heterocycles. The third-order valence-electron chi connectivity index (χ3n) is 2.85. The van der Waals surface area contributed by atoms with E-state index in [1.165, 1.54) is 0 Å². The molecule has 3 nitrogen and oxygen atoms in total. The molecule has 0 aliphatic heterocycles. The van der Waals surface area contributed by atoms with E-state index in [0.717, 1.165) is 42.3 Å². The van der Waals surface area contributed by atoms with E-state index in [1.807, 2.05) is 18.2 Å². The Morgan fingerprint density at radius 2 is 1.95 bits per heavy atom. The number of nitrogens with two attached hydrogens (primary N) is 1. The number of benzene rings is 1. The van der Waals surface area contributed by atoms with Gasteiger partial charge in [0.05, 0.1) is 0 Å². The Hall–Kier alpha value is -0.290. The van der Waals surface area contributed by atoms with E-state index in [1.54, 1.807) is 0 Å². The van der Waals surface area contributed by atoms with E-state index in [-0.39, 0.29) is 18.3 Å². The molecule has 0 fully saturated rings. The third-order valence-corrected chi connectivity index (χ3v) is 3.69. The first-order chi connectivity index (χ1) is 9.13. The molecule has 3 N–H and O–H groups in total. The highest BCUT2D eigenvalue weighted by Gasteiger charge is 2.04. The number of nitrogens with one attached hydrogen (secondary N) is 1. The first kappa shape index (κ1) is 19.7. The van der Waals surface area contributed by atoms with Gasteiger partial charge in [0, 0.05) is 22.5 Å². The van der Waals surface area contributed by atoms with Crippen molar-refractivity contribution in [2.75, 3.05) is 6.54 Å². The Kier molecular flexibility index (Phi) is 11.2. The van der Waals surface area contributed by atoms with Crippen molar-refractivity contribution in [3.05, 3.63) is 33.3 Å². The lowest BCUT2D eigenvalue weighted by atomic mass is 10.1. The van der Waals surface area contributed by atoms with Crippen LogP contribution in [0.15, 0.2) is 22.7 Å². The zero-order chi connectivity index (χ0) is 14.1. The summed E-state index contributed by atoms with van der Waals surface area (Å²) in [6.07, 6.45) is 4.68. The van der Waals surface area contributed by atoms with Gasteiger partial charge in [0.1, 0.15) is 0 Å². The summed E-state index contributed by atoms with van der Waals surface area (Å²) in [6, 6.07) is 5.66. The van der Waals surface area contributed by atoms with E-state index in [4.69, 9.17) is 17.3 Å². The van der Waals surface area contributed by atoms with Gasteiger partial charge in [-0.1, -0.05) is 46.4 Å². The standard InChI is InChI=1S/C14H20BrClN2O.ClH/c15-12-7-6-11(13(16)9-12)10-18-14(19)5-3-1-2-4-8-17;/h6-7,9H,1-5,8,10,17H2,(H,18,19);1H. The first-order valence-corrected chi connectivity index (χ1v) is 7.71. The molecule has 0 atom stereocenters. The van der Waals surface area contributed by atoms with Gasteiger partial charge in [-0.15, -0.1) is 12.4 Å². The van der Waals surface area contributed by atoms with Crippen LogP contribution < -0.4 is 11.1 Å². The second kappa shape index (κ2) is 11.4. The van der Waals surface area contributed by atoms with Crippen molar-refractivity contribution in [1.29, 1.82) is 0 Å². The maximum atomic E-state index is 11.6. The number of amides is 1. The number of carbonyl (C=O) groups excluding carboxylic acids is 1. The highest BCUT2D eigenvalue weighted by atomic mass is 79.9. The lowest BCUT2D eigenvalue weighted by Crippen LogP contribution is -2.22. The minimum absolute atomic E-state index is 0. The van der Waals surface area contributed by atoms with Crippen LogP contribution in [-0.2, 0) is 11.3 Å². The van der Waals surface area contributed by atoms with Crippen molar-refractivity contribution < 1.29 is 4.79 Å². The molecular formula is C14H21BrCl2N2O. The predicted octanol–water partition coefficient (Wildman–Crippen LogP) is 4.05. The van der Waals surface area contributed by atoms with Crippen molar-refractivity contribution in [3.8, 4) is 0 Å². The Morgan fingerprint density at radius 1 is 1.25 bits per heavy atom. The SMILES string of the molecule is Cl.NCCCCCCC(=O)NCc1ccc(Br)cc1Cl. The average molecular weight is 384 g/mol. The number of unbranched alkanes of at least 4 members (excludes halogenated alkanes) is 3. The Morgan fingerprint density at radius 3 is 2.60 bits per heavy atom. The lowest BCUT2D eigenvalue weighted by Gasteiger charge is -2.07. The van der Waals surface area contributed by atoms with Crippen LogP contribution in [0.5, 0.6) is 0 Å². The lowest BCUT2D eigenvalue weighted by molar-refractivity contribution is -0.121. The summed E-state index contributed by atoms with van der Waals surface area (Å²) >= 11 is 9.43. The normalized spacial score (nSPS) is 9.95. The van der Waals surface area contributed by atoms with Crippen LogP contribution in [-0.4, -0.2) is 12.5 Å². The summed E-state index contributed by atoms with van der Waals surface area (Å²) in [5, 5.41) is 3.55. The van der Waals surface area contributed by atoms with Crippen molar-refractivity contribution in [1.82, 2.24) is 5.32 Å². The fourth-order valence-electron chi connectivity index (χ4n) is 1.73. The maximum Gasteiger partial charge on any atom is 0.220 e. The van der Waals surface area contributed by atoms with Crippen molar-refractivity contribution in [3.63, 3.8) is 0 Å². The number of hydrogen-bond acceptors (Lipinski definition) is 2. The number of carbonyl (C=O) groups is 1. The quantitative estimate of drug-likeness (QED) is 0.665. The van der Waals surface area contributed by atoms with Gasteiger partial charge in [0.15, 0.2) is 0 Å². The van der Waals surface area contributed by atoms with Crippen LogP contribution >= 0.6 is 39.9 Å². The molecule has 20 heavy (non-hydrogen) atoms. The molecule has 114 valence electrons. The monoisotopic (exact) mass is 382 g/mol. The number of hydrogen-bond donors (Lipinski definition) is 2. The molecule has 0 unspecified atom stereocenters. The van der Waals surface area contributed by atoms with Crippen molar-refractivity contribution >= 4 is 45.8 Å². The zero-order valence-electron chi connectivity index (χ0n) is 11.3. The van der Waals surface area contributed by atoms with Crippen LogP contribution in [0, 0.1) is 0 Å². The average Bonchev–Trinajstić information content (AvgIpc) is 2.37. The second-order valence-corrected chi connectivity index (χ2v) is 5.79. The summed E-state index contributed by atoms with van der Waals surface area (Å²) in [7, 11) is 0. The van der Waals surface area contributed by atoms with Crippen molar-refractivity contribution in [2.24, 2.45) is 5.73 Å². The van der Waals surface area contributed by atoms with Gasteiger partial charge >= 0.3 is 0 Å². The van der Waals surface area contributed by atoms with Gasteiger partial charge in [-0.25, -0.2) is 0 Å². The zero-order valence-corrected chi connectivity index (χ0v) is 14.5. The van der Waals surface area contributed by atoms with Crippen LogP contribution in [0.2, 0.25) is 5.02 Å². The van der Waals surface area contributed by atoms with Gasteiger partial charge in [0.2, 0.25) is 5.91 Å². The topological polar surface area (TPSA) is 55.1 Å². The molecule has 1 aromatic carbocycles. The number of rotatable bonds is 8. The number of halogens is 3. The Balaban J connectivity index is 0.00000361. The van der Waals surface area contributed by atoms with E-state index in [2.05, 4.69) is 21.2 Å². The molecule has 0 radical (unpaired) electrons. The predicted molar refractivity (Wildman–Crippen MR) is 90.4 cm³/mol. The molecule has 6 heteroatoms. The van der Waals surface area contributed by atoms with E-state index in [9.17, 15) is 4.79 Å². The smallest absolute Gasteiger partial charge is 0.220 e. The summed E-state index contributed by atoms with van der Waals surface area (Å²) < 4.78 is 0.937. The summed E-state index contributed by atoms with van der Waals surface area (Å²) in [5.74, 6) is 0.0757. The molecule has 1 aromatic rings. The minimum atomic E-state index is 0. The van der Waals surface area contributed by atoms with Gasteiger partial charge in [-0.3, -0.25) is 4.79 Å². The first-order valence-electron chi connectivity index (χ1n) is 6.54. The van der Waals surface area contributed by atoms with E-state index in [0.29, 0.717) is 18.0 Å². The van der Waals surface area contributed by atoms with Gasteiger partial charge in [-0.2, -0.15) is 0 Å². The van der Waals surface area contributed by atoms with Crippen LogP contribution in [0.1, 0.15) is 37.7 Å². The molecule has 0 saturated carbocycles. The van der Waals surface area contributed by atoms with E-state index >= 15 is 0 Å². The molecule has 0 bridgehead atoms. The van der Waals surface area contributed by atoms with Crippen molar-refractivity contribution in [2.45, 2.75) is 38.6 Å². The van der Waals surface area contributed by atoms with Crippen LogP contribution in [0.3, 0.4) is 0 Å². The molecular weight excluding hydrogens is 363 g/mol. The fourth-order valence-corrected chi connectivity index (χ4v) is 2.47. The highest BCUT2D eigenvalue weighted by molar-refractivity contribution is 9.10. The molecule has 0 aliphatic carbocycles. The largest absolute Gasteiger partial charge is 0.352 e. The molecule has 0 spiro atoms. The summed E-state index contributed by atoms with van der Waals surface area (Å²) in [4.78, 5) is 11.6. The van der Waals surface area contributed by atoms with Gasteiger partial charge in [-0.05, 0) is 37.1 Å². The minimum Gasteiger partial charge on any atom is -0.352 e. The van der Waals surface area contributed by atoms with Crippen LogP contribution in [0.25, 0.3) is 0 Å². The molecule has 1 rings (SSSR count). The van der Waals surface area contributed by atoms with Crippen LogP contribution in [0.4, 0.5) is 0 Å². The molecule has 1 amide bonds. The summed E-state index contributed by atoms with van der Waals surface area (Å²) in [5.41, 5.74) is 6.34. The molecule has 0 aliphatic rings. The summed E-state index contributed by atoms with van der Waals surface area (Å²) in [6.45, 7) is 1.21. The third kappa shape index (κ3) is 8.10. The Labute approximate surface area is 140 Å². The van der Waals surface area contributed by atoms with Gasteiger partial charge in [0.25, 0.3) is 0 Å². The highest BCUT2D eigenvalue weighted by Crippen LogP contribution is 2.21. The van der Waals surface area contributed by atoms with E-state index < -0.39 is 0 Å². The molecule has 0 saturated heterocycles. The Bertz CT molecular complexity index is 416. The van der Waals surface area contributed by atoms with Gasteiger partial charge < -0.3 is 11.1 Å². The maximum absolute atomic E-state index is 11.6. The fraction of sp³-hybridized carbons (Fsp3) is 0.500.